The van der Waals surface area contributed by atoms with E-state index in [1.165, 1.54) is 57.8 Å². The number of aliphatic hydroxyl groups excluding tert-OH is 8. The number of rotatable bonds is 28. The third-order valence-electron chi connectivity index (χ3n) is 10.1. The number of nitrogens with one attached hydrogen (secondary N) is 1. The van der Waals surface area contributed by atoms with Crippen molar-refractivity contribution < 1.29 is 64.6 Å². The van der Waals surface area contributed by atoms with Crippen LogP contribution in [0.2, 0.25) is 0 Å². The summed E-state index contributed by atoms with van der Waals surface area (Å²) in [6.07, 6.45) is 2.97. The molecule has 9 N–H and O–H groups in total. The minimum atomic E-state index is -1.78. The lowest BCUT2D eigenvalue weighted by Gasteiger charge is -2.46. The van der Waals surface area contributed by atoms with E-state index in [1.54, 1.807) is 0 Å². The minimum Gasteiger partial charge on any atom is -0.394 e. The van der Waals surface area contributed by atoms with Gasteiger partial charge in [-0.2, -0.15) is 0 Å². The molecule has 2 saturated heterocycles. The molecule has 0 bridgehead atoms. The molecular weight excluding hydrogens is 666 g/mol. The summed E-state index contributed by atoms with van der Waals surface area (Å²) in [4.78, 5) is 12.9. The molecule has 0 radical (unpaired) electrons. The van der Waals surface area contributed by atoms with E-state index in [9.17, 15) is 45.6 Å². The number of aliphatic hydroxyl groups is 8. The monoisotopic (exact) mass is 737 g/mol. The molecule has 12 atom stereocenters. The van der Waals surface area contributed by atoms with Crippen LogP contribution in [0.3, 0.4) is 0 Å². The lowest BCUT2D eigenvalue weighted by molar-refractivity contribution is -0.359. The molecule has 0 aliphatic carbocycles. The average molecular weight is 738 g/mol. The number of hydrogen-bond donors (Lipinski definition) is 9. The summed E-state index contributed by atoms with van der Waals surface area (Å²) in [6, 6.07) is -0.816. The van der Waals surface area contributed by atoms with Gasteiger partial charge in [-0.05, 0) is 12.8 Å². The van der Waals surface area contributed by atoms with Gasteiger partial charge < -0.3 is 65.1 Å². The SMILES string of the molecule is CCCCCCCCCCC[C@@H](O)[C@H](CO[C@@H]1O[C@H](CO)[C@@H](O[C@@H]2O[C@H](CO)[C@H](O)C(O)C2O)C(O)C1O)NC(=O)CCCCCCCCCC. The molecule has 2 heterocycles. The molecule has 302 valence electrons. The Morgan fingerprint density at radius 3 is 1.67 bits per heavy atom. The third kappa shape index (κ3) is 16.5. The summed E-state index contributed by atoms with van der Waals surface area (Å²) in [5.74, 6) is -0.216. The van der Waals surface area contributed by atoms with Crippen molar-refractivity contribution in [2.45, 2.75) is 209 Å². The van der Waals surface area contributed by atoms with Gasteiger partial charge in [0.15, 0.2) is 12.6 Å². The highest BCUT2D eigenvalue weighted by atomic mass is 16.7. The first-order valence-corrected chi connectivity index (χ1v) is 19.8. The first kappa shape index (κ1) is 46.1. The molecule has 2 rings (SSSR count). The Morgan fingerprint density at radius 1 is 0.627 bits per heavy atom. The summed E-state index contributed by atoms with van der Waals surface area (Å²) < 4.78 is 22.5. The van der Waals surface area contributed by atoms with E-state index in [4.69, 9.17) is 18.9 Å². The molecule has 2 aliphatic rings. The maximum Gasteiger partial charge on any atom is 0.220 e. The van der Waals surface area contributed by atoms with Crippen molar-refractivity contribution in [1.29, 1.82) is 0 Å². The second-order valence-electron chi connectivity index (χ2n) is 14.4. The molecule has 1 amide bonds. The lowest BCUT2D eigenvalue weighted by Crippen LogP contribution is -2.65. The molecule has 0 saturated carbocycles. The standard InChI is InChI=1S/C37H71NO13/c1-3-5-7-9-11-13-14-16-18-20-26(41)25(38-29(42)21-19-17-15-12-10-8-6-4-2)24-48-36-34(47)32(45)35(28(23-40)50-36)51-37-33(46)31(44)30(43)27(22-39)49-37/h25-28,30-37,39-41,43-47H,3-24H2,1-2H3,(H,38,42)/t25-,26+,27+,28+,30-,31?,32?,33?,34?,35+,36+,37-/m0/s1. The molecular formula is C37H71NO13. The molecule has 0 spiro atoms. The van der Waals surface area contributed by atoms with E-state index in [-0.39, 0.29) is 12.5 Å². The van der Waals surface area contributed by atoms with Crippen LogP contribution in [0.15, 0.2) is 0 Å². The Bertz CT molecular complexity index is 883. The topological polar surface area (TPSA) is 228 Å². The zero-order valence-electron chi connectivity index (χ0n) is 31.1. The van der Waals surface area contributed by atoms with Gasteiger partial charge >= 0.3 is 0 Å². The van der Waals surface area contributed by atoms with Crippen molar-refractivity contribution in [2.24, 2.45) is 0 Å². The van der Waals surface area contributed by atoms with Gasteiger partial charge in [0.2, 0.25) is 5.91 Å². The van der Waals surface area contributed by atoms with Crippen LogP contribution in [0.4, 0.5) is 0 Å². The Labute approximate surface area is 304 Å². The molecule has 0 aromatic carbocycles. The van der Waals surface area contributed by atoms with Gasteiger partial charge in [-0.25, -0.2) is 0 Å². The van der Waals surface area contributed by atoms with E-state index in [0.717, 1.165) is 51.4 Å². The van der Waals surface area contributed by atoms with Gasteiger partial charge in [0.25, 0.3) is 0 Å². The van der Waals surface area contributed by atoms with Crippen molar-refractivity contribution in [3.8, 4) is 0 Å². The van der Waals surface area contributed by atoms with E-state index in [1.807, 2.05) is 0 Å². The summed E-state index contributed by atoms with van der Waals surface area (Å²) in [7, 11) is 0. The largest absolute Gasteiger partial charge is 0.394 e. The highest BCUT2D eigenvalue weighted by Gasteiger charge is 2.50. The van der Waals surface area contributed by atoms with Crippen molar-refractivity contribution >= 4 is 5.91 Å². The van der Waals surface area contributed by atoms with Gasteiger partial charge in [-0.3, -0.25) is 4.79 Å². The quantitative estimate of drug-likeness (QED) is 0.0524. The number of hydrogen-bond acceptors (Lipinski definition) is 13. The van der Waals surface area contributed by atoms with Gasteiger partial charge in [-0.15, -0.1) is 0 Å². The summed E-state index contributed by atoms with van der Waals surface area (Å²) in [5, 5.41) is 86.0. The van der Waals surface area contributed by atoms with Gasteiger partial charge in [0.05, 0.1) is 32.0 Å². The minimum absolute atomic E-state index is 0.216. The van der Waals surface area contributed by atoms with Crippen LogP contribution in [0, 0.1) is 0 Å². The highest BCUT2D eigenvalue weighted by molar-refractivity contribution is 5.76. The maximum atomic E-state index is 12.9. The summed E-state index contributed by atoms with van der Waals surface area (Å²) >= 11 is 0. The summed E-state index contributed by atoms with van der Waals surface area (Å²) in [6.45, 7) is 2.74. The fraction of sp³-hybridized carbons (Fsp3) is 0.973. The number of amides is 1. The highest BCUT2D eigenvalue weighted by Crippen LogP contribution is 2.30. The van der Waals surface area contributed by atoms with Crippen molar-refractivity contribution in [3.05, 3.63) is 0 Å². The first-order valence-electron chi connectivity index (χ1n) is 19.8. The van der Waals surface area contributed by atoms with Crippen LogP contribution >= 0.6 is 0 Å². The molecule has 2 aliphatic heterocycles. The second kappa shape index (κ2) is 26.7. The van der Waals surface area contributed by atoms with Crippen LogP contribution in [-0.4, -0.2) is 140 Å². The van der Waals surface area contributed by atoms with E-state index in [2.05, 4.69) is 19.2 Å². The van der Waals surface area contributed by atoms with Crippen molar-refractivity contribution in [1.82, 2.24) is 5.32 Å². The Balaban J connectivity index is 1.95. The molecule has 0 aromatic rings. The van der Waals surface area contributed by atoms with Crippen molar-refractivity contribution in [2.75, 3.05) is 19.8 Å². The molecule has 4 unspecified atom stereocenters. The number of carbonyl (C=O) groups is 1. The molecule has 51 heavy (non-hydrogen) atoms. The molecule has 14 heteroatoms. The molecule has 2 fully saturated rings. The Hall–Kier alpha value is -1.01. The van der Waals surface area contributed by atoms with Crippen LogP contribution in [-0.2, 0) is 23.7 Å². The van der Waals surface area contributed by atoms with Gasteiger partial charge in [0, 0.05) is 6.42 Å². The zero-order valence-corrected chi connectivity index (χ0v) is 31.1. The predicted molar refractivity (Wildman–Crippen MR) is 189 cm³/mol. The number of carbonyl (C=O) groups excluding carboxylic acids is 1. The normalized spacial score (nSPS) is 31.0. The fourth-order valence-corrected chi connectivity index (χ4v) is 6.70. The van der Waals surface area contributed by atoms with E-state index < -0.39 is 86.8 Å². The zero-order chi connectivity index (χ0) is 37.6. The molecule has 14 nitrogen and oxygen atoms in total. The Morgan fingerprint density at radius 2 is 1.12 bits per heavy atom. The van der Waals surface area contributed by atoms with Crippen LogP contribution in [0.5, 0.6) is 0 Å². The maximum absolute atomic E-state index is 12.9. The second-order valence-corrected chi connectivity index (χ2v) is 14.4. The fourth-order valence-electron chi connectivity index (χ4n) is 6.70. The van der Waals surface area contributed by atoms with Crippen LogP contribution in [0.25, 0.3) is 0 Å². The average Bonchev–Trinajstić information content (AvgIpc) is 3.12. The smallest absolute Gasteiger partial charge is 0.220 e. The van der Waals surface area contributed by atoms with Crippen LogP contribution in [0.1, 0.15) is 136 Å². The van der Waals surface area contributed by atoms with E-state index >= 15 is 0 Å². The van der Waals surface area contributed by atoms with Crippen LogP contribution < -0.4 is 5.32 Å². The molecule has 0 aromatic heterocycles. The number of ether oxygens (including phenoxy) is 4. The third-order valence-corrected chi connectivity index (χ3v) is 10.1. The Kier molecular flexibility index (Phi) is 24.2. The van der Waals surface area contributed by atoms with Gasteiger partial charge in [-0.1, -0.05) is 117 Å². The predicted octanol–water partition coefficient (Wildman–Crippen LogP) is 1.92. The first-order chi connectivity index (χ1) is 24.6. The van der Waals surface area contributed by atoms with Gasteiger partial charge in [0.1, 0.15) is 48.8 Å². The van der Waals surface area contributed by atoms with Crippen molar-refractivity contribution in [3.63, 3.8) is 0 Å². The number of unbranched alkanes of at least 4 members (excludes halogenated alkanes) is 15. The summed E-state index contributed by atoms with van der Waals surface area (Å²) in [5.41, 5.74) is 0. The van der Waals surface area contributed by atoms with E-state index in [0.29, 0.717) is 12.8 Å². The lowest BCUT2D eigenvalue weighted by atomic mass is 9.97.